The van der Waals surface area contributed by atoms with Crippen LogP contribution in [0, 0.1) is 19.3 Å². The molecule has 1 aromatic rings. The molecule has 0 radical (unpaired) electrons. The topological polar surface area (TPSA) is 33.1 Å². The summed E-state index contributed by atoms with van der Waals surface area (Å²) in [5.41, 5.74) is 1.62. The Labute approximate surface area is 78.6 Å². The molecule has 0 saturated carbocycles. The summed E-state index contributed by atoms with van der Waals surface area (Å²) in [6, 6.07) is 5.60. The van der Waals surface area contributed by atoms with Gasteiger partial charge in [-0.2, -0.15) is 0 Å². The smallest absolute Gasteiger partial charge is 0.0968 e. The molecule has 1 heterocycles. The lowest BCUT2D eigenvalue weighted by molar-refractivity contribution is 0.164. The van der Waals surface area contributed by atoms with Crippen LogP contribution >= 0.6 is 0 Å². The Hall–Kier alpha value is -1.33. The summed E-state index contributed by atoms with van der Waals surface area (Å²) in [5.74, 6) is 2.50. The number of rotatable bonds is 3. The predicted octanol–water partition coefficient (Wildman–Crippen LogP) is 1.84. The van der Waals surface area contributed by atoms with Gasteiger partial charge in [-0.05, 0) is 25.5 Å². The van der Waals surface area contributed by atoms with Gasteiger partial charge in [0.1, 0.15) is 0 Å². The Kier molecular flexibility index (Phi) is 3.48. The summed E-state index contributed by atoms with van der Waals surface area (Å²) in [6.07, 6.45) is 5.73. The third-order valence-electron chi connectivity index (χ3n) is 1.81. The molecule has 0 saturated heterocycles. The van der Waals surface area contributed by atoms with Crippen LogP contribution in [0.1, 0.15) is 30.3 Å². The van der Waals surface area contributed by atoms with E-state index in [0.29, 0.717) is 18.5 Å². The summed E-state index contributed by atoms with van der Waals surface area (Å²) in [4.78, 5) is 4.21. The van der Waals surface area contributed by atoms with Gasteiger partial charge in [0.25, 0.3) is 0 Å². The van der Waals surface area contributed by atoms with Crippen molar-refractivity contribution in [2.24, 2.45) is 0 Å². The van der Waals surface area contributed by atoms with E-state index in [1.807, 2.05) is 25.1 Å². The van der Waals surface area contributed by atoms with E-state index in [1.54, 1.807) is 0 Å². The quantitative estimate of drug-likeness (QED) is 0.711. The monoisotopic (exact) mass is 175 g/mol. The molecule has 0 bridgehead atoms. The summed E-state index contributed by atoms with van der Waals surface area (Å²) < 4.78 is 0. The molecule has 0 fully saturated rings. The number of hydrogen-bond donors (Lipinski definition) is 1. The second kappa shape index (κ2) is 4.64. The van der Waals surface area contributed by atoms with Crippen LogP contribution in [-0.4, -0.2) is 10.1 Å². The van der Waals surface area contributed by atoms with E-state index in [4.69, 9.17) is 6.42 Å². The lowest BCUT2D eigenvalue weighted by Gasteiger charge is -2.08. The maximum atomic E-state index is 9.62. The number of terminal acetylenes is 1. The second-order valence-electron chi connectivity index (χ2n) is 2.96. The van der Waals surface area contributed by atoms with E-state index in [2.05, 4.69) is 10.9 Å². The fourth-order valence-corrected chi connectivity index (χ4v) is 1.12. The van der Waals surface area contributed by atoms with Gasteiger partial charge in [-0.15, -0.1) is 12.3 Å². The van der Waals surface area contributed by atoms with Gasteiger partial charge >= 0.3 is 0 Å². The SMILES string of the molecule is C#CCCC(O)c1cccc(C)n1. The van der Waals surface area contributed by atoms with E-state index in [0.717, 1.165) is 5.69 Å². The Bertz CT molecular complexity index is 314. The van der Waals surface area contributed by atoms with Crippen molar-refractivity contribution in [2.45, 2.75) is 25.9 Å². The lowest BCUT2D eigenvalue weighted by Crippen LogP contribution is -2.00. The van der Waals surface area contributed by atoms with Crippen LogP contribution < -0.4 is 0 Å². The number of aliphatic hydroxyl groups excluding tert-OH is 1. The number of hydrogen-bond acceptors (Lipinski definition) is 2. The average Bonchev–Trinajstić information content (AvgIpc) is 2.14. The molecule has 2 heteroatoms. The van der Waals surface area contributed by atoms with Crippen molar-refractivity contribution in [1.82, 2.24) is 4.98 Å². The van der Waals surface area contributed by atoms with E-state index in [1.165, 1.54) is 0 Å². The first kappa shape index (κ1) is 9.76. The third kappa shape index (κ3) is 2.89. The molecule has 1 atom stereocenters. The van der Waals surface area contributed by atoms with Gasteiger partial charge in [0.2, 0.25) is 0 Å². The first-order chi connectivity index (χ1) is 6.24. The van der Waals surface area contributed by atoms with Crippen molar-refractivity contribution < 1.29 is 5.11 Å². The highest BCUT2D eigenvalue weighted by Gasteiger charge is 2.07. The number of pyridine rings is 1. The van der Waals surface area contributed by atoms with Crippen molar-refractivity contribution in [3.63, 3.8) is 0 Å². The minimum absolute atomic E-state index is 0.532. The molecule has 0 amide bonds. The van der Waals surface area contributed by atoms with Gasteiger partial charge in [-0.25, -0.2) is 0 Å². The Morgan fingerprint density at radius 1 is 1.62 bits per heavy atom. The van der Waals surface area contributed by atoms with Gasteiger partial charge in [0.05, 0.1) is 11.8 Å². The van der Waals surface area contributed by atoms with E-state index in [-0.39, 0.29) is 0 Å². The Morgan fingerprint density at radius 2 is 2.38 bits per heavy atom. The number of aryl methyl sites for hydroxylation is 1. The van der Waals surface area contributed by atoms with E-state index < -0.39 is 6.10 Å². The van der Waals surface area contributed by atoms with Crippen LogP contribution in [0.25, 0.3) is 0 Å². The fraction of sp³-hybridized carbons (Fsp3) is 0.364. The van der Waals surface area contributed by atoms with Crippen molar-refractivity contribution >= 4 is 0 Å². The summed E-state index contributed by atoms with van der Waals surface area (Å²) in [7, 11) is 0. The molecular formula is C11H13NO. The minimum Gasteiger partial charge on any atom is -0.387 e. The lowest BCUT2D eigenvalue weighted by atomic mass is 10.1. The molecule has 1 N–H and O–H groups in total. The molecule has 1 unspecified atom stereocenters. The molecule has 0 aliphatic rings. The maximum absolute atomic E-state index is 9.62. The van der Waals surface area contributed by atoms with Gasteiger partial charge in [-0.1, -0.05) is 6.07 Å². The molecule has 2 nitrogen and oxygen atoms in total. The summed E-state index contributed by atoms with van der Waals surface area (Å²) in [5, 5.41) is 9.62. The summed E-state index contributed by atoms with van der Waals surface area (Å²) >= 11 is 0. The highest BCUT2D eigenvalue weighted by atomic mass is 16.3. The highest BCUT2D eigenvalue weighted by molar-refractivity contribution is 5.12. The van der Waals surface area contributed by atoms with E-state index in [9.17, 15) is 5.11 Å². The standard InChI is InChI=1S/C11H13NO/c1-3-4-8-11(13)10-7-5-6-9(2)12-10/h1,5-7,11,13H,4,8H2,2H3. The van der Waals surface area contributed by atoms with Crippen molar-refractivity contribution in [2.75, 3.05) is 0 Å². The second-order valence-corrected chi connectivity index (χ2v) is 2.96. The predicted molar refractivity (Wildman–Crippen MR) is 52.0 cm³/mol. The van der Waals surface area contributed by atoms with Crippen LogP contribution in [0.4, 0.5) is 0 Å². The minimum atomic E-state index is -0.532. The largest absolute Gasteiger partial charge is 0.387 e. The zero-order valence-corrected chi connectivity index (χ0v) is 7.70. The molecule has 0 aromatic carbocycles. The van der Waals surface area contributed by atoms with Crippen molar-refractivity contribution in [1.29, 1.82) is 0 Å². The van der Waals surface area contributed by atoms with Gasteiger partial charge in [-0.3, -0.25) is 4.98 Å². The third-order valence-corrected chi connectivity index (χ3v) is 1.81. The van der Waals surface area contributed by atoms with Crippen molar-refractivity contribution in [3.8, 4) is 12.3 Å². The molecule has 1 aromatic heterocycles. The van der Waals surface area contributed by atoms with Crippen LogP contribution in [0.15, 0.2) is 18.2 Å². The number of aromatic nitrogens is 1. The van der Waals surface area contributed by atoms with Crippen LogP contribution in [0.2, 0.25) is 0 Å². The molecule has 0 aliphatic heterocycles. The zero-order valence-electron chi connectivity index (χ0n) is 7.70. The Balaban J connectivity index is 2.66. The summed E-state index contributed by atoms with van der Waals surface area (Å²) in [6.45, 7) is 1.90. The molecule has 68 valence electrons. The van der Waals surface area contributed by atoms with Gasteiger partial charge in [0.15, 0.2) is 0 Å². The van der Waals surface area contributed by atoms with Crippen LogP contribution in [0.5, 0.6) is 0 Å². The molecular weight excluding hydrogens is 162 g/mol. The maximum Gasteiger partial charge on any atom is 0.0968 e. The normalized spacial score (nSPS) is 12.1. The van der Waals surface area contributed by atoms with Crippen molar-refractivity contribution in [3.05, 3.63) is 29.6 Å². The first-order valence-corrected chi connectivity index (χ1v) is 4.29. The molecule has 13 heavy (non-hydrogen) atoms. The highest BCUT2D eigenvalue weighted by Crippen LogP contribution is 2.15. The van der Waals surface area contributed by atoms with Gasteiger partial charge in [0, 0.05) is 12.1 Å². The molecule has 1 rings (SSSR count). The van der Waals surface area contributed by atoms with Crippen LogP contribution in [-0.2, 0) is 0 Å². The number of aliphatic hydroxyl groups is 1. The van der Waals surface area contributed by atoms with E-state index >= 15 is 0 Å². The fourth-order valence-electron chi connectivity index (χ4n) is 1.12. The van der Waals surface area contributed by atoms with Crippen LogP contribution in [0.3, 0.4) is 0 Å². The van der Waals surface area contributed by atoms with Gasteiger partial charge < -0.3 is 5.11 Å². The average molecular weight is 175 g/mol. The zero-order chi connectivity index (χ0) is 9.68. The number of nitrogens with zero attached hydrogens (tertiary/aromatic N) is 1. The Morgan fingerprint density at radius 3 is 3.00 bits per heavy atom. The molecule has 0 spiro atoms. The first-order valence-electron chi connectivity index (χ1n) is 4.29. The molecule has 0 aliphatic carbocycles.